The number of carbonyl (C=O) groups is 2. The smallest absolute Gasteiger partial charge is 0.234 e. The summed E-state index contributed by atoms with van der Waals surface area (Å²) in [7, 11) is 0. The first-order valence-electron chi connectivity index (χ1n) is 10.3. The van der Waals surface area contributed by atoms with E-state index < -0.39 is 0 Å². The number of Topliss-reactive ketones (excluding diaryl/α,β-unsaturated/α-hetero) is 1. The van der Waals surface area contributed by atoms with Crippen molar-refractivity contribution in [1.82, 2.24) is 14.8 Å². The van der Waals surface area contributed by atoms with E-state index in [-0.39, 0.29) is 17.4 Å². The van der Waals surface area contributed by atoms with Crippen LogP contribution in [-0.2, 0) is 4.79 Å². The van der Waals surface area contributed by atoms with Gasteiger partial charge in [-0.3, -0.25) is 14.2 Å². The summed E-state index contributed by atoms with van der Waals surface area (Å²) in [6, 6.07) is 14.8. The van der Waals surface area contributed by atoms with Gasteiger partial charge in [-0.2, -0.15) is 0 Å². The number of hydrogen-bond donors (Lipinski definition) is 1. The molecule has 0 aliphatic heterocycles. The molecule has 1 saturated carbocycles. The normalized spacial score (nSPS) is 14.0. The van der Waals surface area contributed by atoms with E-state index in [1.165, 1.54) is 31.5 Å². The van der Waals surface area contributed by atoms with E-state index in [9.17, 15) is 9.59 Å². The second-order valence-electron chi connectivity index (χ2n) is 7.56. The van der Waals surface area contributed by atoms with Gasteiger partial charge in [-0.1, -0.05) is 48.3 Å². The third kappa shape index (κ3) is 4.99. The van der Waals surface area contributed by atoms with Gasteiger partial charge in [0.25, 0.3) is 0 Å². The Kier molecular flexibility index (Phi) is 6.73. The maximum atomic E-state index is 12.5. The summed E-state index contributed by atoms with van der Waals surface area (Å²) in [5.74, 6) is 0.817. The van der Waals surface area contributed by atoms with E-state index in [0.29, 0.717) is 22.3 Å². The maximum absolute atomic E-state index is 12.5. The van der Waals surface area contributed by atoms with Gasteiger partial charge < -0.3 is 5.32 Å². The second-order valence-corrected chi connectivity index (χ2v) is 8.91. The van der Waals surface area contributed by atoms with Gasteiger partial charge in [-0.25, -0.2) is 0 Å². The number of nitrogens with zero attached hydrogens (tertiary/aromatic N) is 3. The van der Waals surface area contributed by atoms with Crippen LogP contribution in [0.15, 0.2) is 53.7 Å². The third-order valence-electron chi connectivity index (χ3n) is 5.38. The van der Waals surface area contributed by atoms with Crippen LogP contribution in [0.3, 0.4) is 0 Å². The predicted molar refractivity (Wildman–Crippen MR) is 124 cm³/mol. The number of benzene rings is 2. The van der Waals surface area contributed by atoms with Gasteiger partial charge in [-0.05, 0) is 56.2 Å². The fraction of sp³-hybridized carbons (Fsp3) is 0.304. The van der Waals surface area contributed by atoms with Gasteiger partial charge in [0.15, 0.2) is 16.8 Å². The van der Waals surface area contributed by atoms with Gasteiger partial charge in [0.05, 0.1) is 10.8 Å². The molecule has 1 amide bonds. The summed E-state index contributed by atoms with van der Waals surface area (Å²) in [4.78, 5) is 23.9. The van der Waals surface area contributed by atoms with Crippen LogP contribution in [0.4, 0.5) is 5.69 Å². The van der Waals surface area contributed by atoms with Crippen LogP contribution in [0.25, 0.3) is 11.4 Å². The Morgan fingerprint density at radius 2 is 1.81 bits per heavy atom. The molecule has 0 saturated heterocycles. The number of aromatic nitrogens is 3. The van der Waals surface area contributed by atoms with Crippen molar-refractivity contribution in [2.75, 3.05) is 11.1 Å². The molecule has 31 heavy (non-hydrogen) atoms. The Morgan fingerprint density at radius 1 is 1.10 bits per heavy atom. The van der Waals surface area contributed by atoms with E-state index in [2.05, 4.69) is 20.1 Å². The van der Waals surface area contributed by atoms with Crippen LogP contribution in [-0.4, -0.2) is 32.2 Å². The van der Waals surface area contributed by atoms with Crippen molar-refractivity contribution >= 4 is 40.7 Å². The monoisotopic (exact) mass is 454 g/mol. The number of carbonyl (C=O) groups excluding carboxylic acids is 2. The molecule has 0 radical (unpaired) electrons. The average Bonchev–Trinajstić information content (AvgIpc) is 3.42. The zero-order chi connectivity index (χ0) is 21.8. The van der Waals surface area contributed by atoms with Crippen molar-refractivity contribution in [3.05, 3.63) is 59.1 Å². The molecule has 1 aliphatic rings. The summed E-state index contributed by atoms with van der Waals surface area (Å²) in [5.41, 5.74) is 2.12. The molecule has 0 unspecified atom stereocenters. The molecule has 0 spiro atoms. The van der Waals surface area contributed by atoms with Gasteiger partial charge in [0.1, 0.15) is 0 Å². The molecule has 160 valence electrons. The zero-order valence-corrected chi connectivity index (χ0v) is 18.7. The number of halogens is 1. The molecule has 3 aromatic rings. The van der Waals surface area contributed by atoms with Crippen molar-refractivity contribution in [1.29, 1.82) is 0 Å². The highest BCUT2D eigenvalue weighted by molar-refractivity contribution is 7.99. The number of thioether (sulfide) groups is 1. The minimum Gasteiger partial charge on any atom is -0.325 e. The lowest BCUT2D eigenvalue weighted by Crippen LogP contribution is -2.15. The van der Waals surface area contributed by atoms with Crippen molar-refractivity contribution in [2.24, 2.45) is 0 Å². The Balaban J connectivity index is 1.49. The van der Waals surface area contributed by atoms with Crippen LogP contribution >= 0.6 is 23.4 Å². The molecule has 0 atom stereocenters. The van der Waals surface area contributed by atoms with Crippen LogP contribution in [0.2, 0.25) is 5.02 Å². The summed E-state index contributed by atoms with van der Waals surface area (Å²) in [6.07, 6.45) is 4.48. The largest absolute Gasteiger partial charge is 0.325 e. The van der Waals surface area contributed by atoms with Crippen LogP contribution in [0.1, 0.15) is 49.0 Å². The van der Waals surface area contributed by atoms with Gasteiger partial charge >= 0.3 is 0 Å². The number of nitrogens with one attached hydrogen (secondary N) is 1. The summed E-state index contributed by atoms with van der Waals surface area (Å²) >= 11 is 7.79. The lowest BCUT2D eigenvalue weighted by molar-refractivity contribution is -0.113. The minimum absolute atomic E-state index is 0.00555. The fourth-order valence-electron chi connectivity index (χ4n) is 3.81. The highest BCUT2D eigenvalue weighted by Gasteiger charge is 2.26. The van der Waals surface area contributed by atoms with Crippen LogP contribution in [0, 0.1) is 0 Å². The fourth-order valence-corrected chi connectivity index (χ4v) is 4.83. The minimum atomic E-state index is -0.138. The highest BCUT2D eigenvalue weighted by Crippen LogP contribution is 2.38. The lowest BCUT2D eigenvalue weighted by Gasteiger charge is -2.17. The maximum Gasteiger partial charge on any atom is 0.234 e. The molecule has 1 heterocycles. The summed E-state index contributed by atoms with van der Waals surface area (Å²) in [6.45, 7) is 1.52. The first-order valence-corrected chi connectivity index (χ1v) is 11.6. The van der Waals surface area contributed by atoms with E-state index in [0.717, 1.165) is 29.4 Å². The molecular formula is C23H23ClN4O2S. The highest BCUT2D eigenvalue weighted by atomic mass is 35.5. The Morgan fingerprint density at radius 3 is 2.48 bits per heavy atom. The summed E-state index contributed by atoms with van der Waals surface area (Å²) in [5, 5.41) is 13.0. The summed E-state index contributed by atoms with van der Waals surface area (Å²) < 4.78 is 2.15. The average molecular weight is 455 g/mol. The van der Waals surface area contributed by atoms with E-state index in [1.54, 1.807) is 24.3 Å². The number of amides is 1. The molecular weight excluding hydrogens is 432 g/mol. The third-order valence-corrected chi connectivity index (χ3v) is 6.65. The molecule has 8 heteroatoms. The number of ketones is 1. The molecule has 4 rings (SSSR count). The standard InChI is InChI=1S/C23H23ClN4O2S/c1-15(29)16-10-12-17(13-11-16)25-21(30)14-31-23-27-26-22(19-8-4-5-9-20(19)24)28(23)18-6-2-3-7-18/h4-5,8-13,18H,2-3,6-7,14H2,1H3,(H,25,30). The van der Waals surface area contributed by atoms with Crippen molar-refractivity contribution in [2.45, 2.75) is 43.8 Å². The van der Waals surface area contributed by atoms with Gasteiger partial charge in [-0.15, -0.1) is 10.2 Å². The van der Waals surface area contributed by atoms with E-state index >= 15 is 0 Å². The van der Waals surface area contributed by atoms with Gasteiger partial charge in [0.2, 0.25) is 5.91 Å². The lowest BCUT2D eigenvalue weighted by atomic mass is 10.1. The Hall–Kier alpha value is -2.64. The number of hydrogen-bond acceptors (Lipinski definition) is 5. The molecule has 1 N–H and O–H groups in total. The Labute approximate surface area is 190 Å². The molecule has 1 fully saturated rings. The SMILES string of the molecule is CC(=O)c1ccc(NC(=O)CSc2nnc(-c3ccccc3Cl)n2C2CCCC2)cc1. The quantitative estimate of drug-likeness (QED) is 0.369. The molecule has 2 aromatic carbocycles. The Bertz CT molecular complexity index is 1090. The number of rotatable bonds is 7. The molecule has 1 aromatic heterocycles. The van der Waals surface area contributed by atoms with E-state index in [1.807, 2.05) is 24.3 Å². The molecule has 0 bridgehead atoms. The first-order chi connectivity index (χ1) is 15.0. The van der Waals surface area contributed by atoms with Crippen LogP contribution < -0.4 is 5.32 Å². The molecule has 1 aliphatic carbocycles. The van der Waals surface area contributed by atoms with Crippen molar-refractivity contribution in [3.8, 4) is 11.4 Å². The van der Waals surface area contributed by atoms with E-state index in [4.69, 9.17) is 11.6 Å². The predicted octanol–water partition coefficient (Wildman–Crippen LogP) is 5.65. The van der Waals surface area contributed by atoms with Gasteiger partial charge in [0, 0.05) is 22.9 Å². The zero-order valence-electron chi connectivity index (χ0n) is 17.2. The van der Waals surface area contributed by atoms with Crippen molar-refractivity contribution in [3.63, 3.8) is 0 Å². The van der Waals surface area contributed by atoms with Crippen LogP contribution in [0.5, 0.6) is 0 Å². The molecule has 6 nitrogen and oxygen atoms in total. The first kappa shape index (κ1) is 21.6. The number of anilines is 1. The topological polar surface area (TPSA) is 76.9 Å². The van der Waals surface area contributed by atoms with Crippen molar-refractivity contribution < 1.29 is 9.59 Å². The second kappa shape index (κ2) is 9.66.